The molecule has 0 unspecified atom stereocenters. The van der Waals surface area contributed by atoms with Crippen molar-refractivity contribution in [2.24, 2.45) is 0 Å². The van der Waals surface area contributed by atoms with Crippen LogP contribution in [0.5, 0.6) is 5.75 Å². The van der Waals surface area contributed by atoms with Crippen LogP contribution in [0.3, 0.4) is 0 Å². The van der Waals surface area contributed by atoms with Gasteiger partial charge >= 0.3 is 0 Å². The maximum Gasteiger partial charge on any atom is 0.255 e. The molecule has 1 aromatic carbocycles. The molecule has 0 aliphatic rings. The highest BCUT2D eigenvalue weighted by atomic mass is 16.5. The molecule has 3 nitrogen and oxygen atoms in total. The molecule has 0 fully saturated rings. The first-order chi connectivity index (χ1) is 7.79. The van der Waals surface area contributed by atoms with Crippen LogP contribution in [-0.2, 0) is 0 Å². The summed E-state index contributed by atoms with van der Waals surface area (Å²) in [6.45, 7) is 2.87. The summed E-state index contributed by atoms with van der Waals surface area (Å²) in [5.41, 5.74) is 0.599. The van der Waals surface area contributed by atoms with E-state index in [0.717, 1.165) is 25.8 Å². The molecule has 0 saturated carbocycles. The second-order valence-corrected chi connectivity index (χ2v) is 3.66. The van der Waals surface area contributed by atoms with Gasteiger partial charge in [0, 0.05) is 6.54 Å². The monoisotopic (exact) mass is 221 g/mol. The molecule has 0 radical (unpaired) electrons. The van der Waals surface area contributed by atoms with E-state index < -0.39 is 0 Å². The molecule has 0 aliphatic carbocycles. The highest BCUT2D eigenvalue weighted by Crippen LogP contribution is 2.16. The van der Waals surface area contributed by atoms with Gasteiger partial charge in [0.2, 0.25) is 0 Å². The Bertz CT molecular complexity index is 336. The van der Waals surface area contributed by atoms with Crippen LogP contribution in [0.25, 0.3) is 0 Å². The first-order valence-electron chi connectivity index (χ1n) is 5.70. The number of carbonyl (C=O) groups excluding carboxylic acids is 1. The molecule has 0 atom stereocenters. The summed E-state index contributed by atoms with van der Waals surface area (Å²) in [7, 11) is 1.57. The topological polar surface area (TPSA) is 38.3 Å². The lowest BCUT2D eigenvalue weighted by atomic mass is 10.2. The molecule has 1 aromatic rings. The number of hydrogen-bond acceptors (Lipinski definition) is 2. The van der Waals surface area contributed by atoms with Crippen LogP contribution in [0.4, 0.5) is 0 Å². The molecular formula is C13H19NO2. The molecule has 0 spiro atoms. The van der Waals surface area contributed by atoms with E-state index in [1.165, 1.54) is 0 Å². The van der Waals surface area contributed by atoms with Gasteiger partial charge in [-0.1, -0.05) is 31.9 Å². The van der Waals surface area contributed by atoms with Crippen LogP contribution < -0.4 is 10.1 Å². The summed E-state index contributed by atoms with van der Waals surface area (Å²) in [5.74, 6) is 0.559. The number of amides is 1. The van der Waals surface area contributed by atoms with Crippen molar-refractivity contribution in [3.8, 4) is 5.75 Å². The van der Waals surface area contributed by atoms with Gasteiger partial charge in [0.15, 0.2) is 0 Å². The van der Waals surface area contributed by atoms with Gasteiger partial charge in [-0.3, -0.25) is 4.79 Å². The number of benzene rings is 1. The fourth-order valence-corrected chi connectivity index (χ4v) is 1.50. The Morgan fingerprint density at radius 2 is 2.06 bits per heavy atom. The minimum Gasteiger partial charge on any atom is -0.496 e. The van der Waals surface area contributed by atoms with E-state index in [1.54, 1.807) is 19.2 Å². The largest absolute Gasteiger partial charge is 0.496 e. The van der Waals surface area contributed by atoms with Crippen LogP contribution in [0.2, 0.25) is 0 Å². The molecule has 16 heavy (non-hydrogen) atoms. The van der Waals surface area contributed by atoms with Gasteiger partial charge in [-0.2, -0.15) is 0 Å². The molecule has 0 heterocycles. The maximum atomic E-state index is 11.8. The van der Waals surface area contributed by atoms with E-state index in [4.69, 9.17) is 4.74 Å². The standard InChI is InChI=1S/C13H19NO2/c1-3-4-7-10-14-13(15)11-8-5-6-9-12(11)16-2/h5-6,8-9H,3-4,7,10H2,1-2H3,(H,14,15). The van der Waals surface area contributed by atoms with E-state index in [0.29, 0.717) is 11.3 Å². The maximum absolute atomic E-state index is 11.8. The summed E-state index contributed by atoms with van der Waals surface area (Å²) < 4.78 is 5.13. The van der Waals surface area contributed by atoms with Crippen LogP contribution in [0.15, 0.2) is 24.3 Å². The average Bonchev–Trinajstić information content (AvgIpc) is 2.34. The lowest BCUT2D eigenvalue weighted by molar-refractivity contribution is 0.0950. The normalized spacial score (nSPS) is 9.88. The van der Waals surface area contributed by atoms with Crippen molar-refractivity contribution < 1.29 is 9.53 Å². The van der Waals surface area contributed by atoms with E-state index in [9.17, 15) is 4.79 Å². The predicted molar refractivity (Wildman–Crippen MR) is 64.9 cm³/mol. The highest BCUT2D eigenvalue weighted by molar-refractivity contribution is 5.96. The third-order valence-corrected chi connectivity index (χ3v) is 2.42. The minimum atomic E-state index is -0.0615. The van der Waals surface area contributed by atoms with Gasteiger partial charge in [-0.15, -0.1) is 0 Å². The van der Waals surface area contributed by atoms with E-state index in [-0.39, 0.29) is 5.91 Å². The Morgan fingerprint density at radius 3 is 2.75 bits per heavy atom. The molecule has 3 heteroatoms. The highest BCUT2D eigenvalue weighted by Gasteiger charge is 2.09. The molecule has 88 valence electrons. The zero-order chi connectivity index (χ0) is 11.8. The molecule has 0 saturated heterocycles. The third kappa shape index (κ3) is 3.57. The van der Waals surface area contributed by atoms with Crippen molar-refractivity contribution in [2.45, 2.75) is 26.2 Å². The zero-order valence-electron chi connectivity index (χ0n) is 9.95. The van der Waals surface area contributed by atoms with E-state index >= 15 is 0 Å². The van der Waals surface area contributed by atoms with Crippen molar-refractivity contribution in [1.82, 2.24) is 5.32 Å². The van der Waals surface area contributed by atoms with Crippen molar-refractivity contribution in [3.05, 3.63) is 29.8 Å². The fraction of sp³-hybridized carbons (Fsp3) is 0.462. The first-order valence-corrected chi connectivity index (χ1v) is 5.70. The van der Waals surface area contributed by atoms with Crippen molar-refractivity contribution in [1.29, 1.82) is 0 Å². The lowest BCUT2D eigenvalue weighted by Gasteiger charge is -2.08. The Hall–Kier alpha value is -1.51. The molecule has 0 aromatic heterocycles. The second kappa shape index (κ2) is 6.88. The number of unbranched alkanes of at least 4 members (excludes halogenated alkanes) is 2. The summed E-state index contributed by atoms with van der Waals surface area (Å²) in [6.07, 6.45) is 3.33. The molecular weight excluding hydrogens is 202 g/mol. The summed E-state index contributed by atoms with van der Waals surface area (Å²) in [5, 5.41) is 2.89. The smallest absolute Gasteiger partial charge is 0.255 e. The van der Waals surface area contributed by atoms with Gasteiger partial charge in [-0.05, 0) is 18.6 Å². The van der Waals surface area contributed by atoms with Gasteiger partial charge < -0.3 is 10.1 Å². The van der Waals surface area contributed by atoms with Crippen molar-refractivity contribution >= 4 is 5.91 Å². The number of rotatable bonds is 6. The first kappa shape index (κ1) is 12.6. The Balaban J connectivity index is 2.52. The Morgan fingerprint density at radius 1 is 1.31 bits per heavy atom. The van der Waals surface area contributed by atoms with Gasteiger partial charge in [0.25, 0.3) is 5.91 Å². The fourth-order valence-electron chi connectivity index (χ4n) is 1.50. The number of para-hydroxylation sites is 1. The van der Waals surface area contributed by atoms with Gasteiger partial charge in [-0.25, -0.2) is 0 Å². The Kier molecular flexibility index (Phi) is 5.40. The number of hydrogen-bond donors (Lipinski definition) is 1. The van der Waals surface area contributed by atoms with Crippen molar-refractivity contribution in [2.75, 3.05) is 13.7 Å². The number of ether oxygens (including phenoxy) is 1. The minimum absolute atomic E-state index is 0.0615. The quantitative estimate of drug-likeness (QED) is 0.750. The van der Waals surface area contributed by atoms with Gasteiger partial charge in [0.1, 0.15) is 5.75 Å². The van der Waals surface area contributed by atoms with E-state index in [1.807, 2.05) is 12.1 Å². The summed E-state index contributed by atoms with van der Waals surface area (Å²) >= 11 is 0. The number of methoxy groups -OCH3 is 1. The van der Waals surface area contributed by atoms with Crippen LogP contribution in [0, 0.1) is 0 Å². The summed E-state index contributed by atoms with van der Waals surface area (Å²) in [6, 6.07) is 7.26. The predicted octanol–water partition coefficient (Wildman–Crippen LogP) is 2.62. The third-order valence-electron chi connectivity index (χ3n) is 2.42. The molecule has 0 aliphatic heterocycles. The number of carbonyl (C=O) groups is 1. The van der Waals surface area contributed by atoms with Crippen LogP contribution >= 0.6 is 0 Å². The summed E-state index contributed by atoms with van der Waals surface area (Å²) in [4.78, 5) is 11.8. The average molecular weight is 221 g/mol. The molecule has 1 rings (SSSR count). The van der Waals surface area contributed by atoms with Crippen LogP contribution in [-0.4, -0.2) is 19.6 Å². The van der Waals surface area contributed by atoms with Crippen LogP contribution in [0.1, 0.15) is 36.5 Å². The SMILES string of the molecule is CCCCCNC(=O)c1ccccc1OC. The molecule has 0 bridgehead atoms. The zero-order valence-corrected chi connectivity index (χ0v) is 9.95. The number of nitrogens with one attached hydrogen (secondary N) is 1. The molecule has 1 N–H and O–H groups in total. The van der Waals surface area contributed by atoms with Gasteiger partial charge in [0.05, 0.1) is 12.7 Å². The van der Waals surface area contributed by atoms with Crippen molar-refractivity contribution in [3.63, 3.8) is 0 Å². The lowest BCUT2D eigenvalue weighted by Crippen LogP contribution is -2.24. The molecule has 1 amide bonds. The van der Waals surface area contributed by atoms with E-state index in [2.05, 4.69) is 12.2 Å². The Labute approximate surface area is 96.8 Å². The second-order valence-electron chi connectivity index (χ2n) is 3.66.